The summed E-state index contributed by atoms with van der Waals surface area (Å²) in [5.41, 5.74) is 8.30. The summed E-state index contributed by atoms with van der Waals surface area (Å²) < 4.78 is 0. The van der Waals surface area contributed by atoms with E-state index in [-0.39, 0.29) is 0 Å². The Balaban J connectivity index is 1.22. The molecular formula is C32H18N6. The van der Waals surface area contributed by atoms with Crippen molar-refractivity contribution in [2.24, 2.45) is 0 Å². The Morgan fingerprint density at radius 3 is 1.24 bits per heavy atom. The van der Waals surface area contributed by atoms with Gasteiger partial charge < -0.3 is 0 Å². The number of nitrogens with zero attached hydrogens (tertiary/aromatic N) is 6. The Kier molecular flexibility index (Phi) is 4.42. The van der Waals surface area contributed by atoms with Gasteiger partial charge in [0.05, 0.1) is 22.1 Å². The van der Waals surface area contributed by atoms with Crippen LogP contribution in [-0.2, 0) is 0 Å². The monoisotopic (exact) mass is 486 g/mol. The van der Waals surface area contributed by atoms with Gasteiger partial charge in [-0.25, -0.2) is 9.97 Å². The molecule has 0 aliphatic carbocycles. The molecule has 6 heteroatoms. The first-order chi connectivity index (χ1) is 18.8. The molecule has 0 spiro atoms. The van der Waals surface area contributed by atoms with E-state index in [2.05, 4.69) is 80.6 Å². The molecular weight excluding hydrogens is 468 g/mol. The van der Waals surface area contributed by atoms with Crippen molar-refractivity contribution in [1.82, 2.24) is 29.9 Å². The third-order valence-electron chi connectivity index (χ3n) is 7.04. The highest BCUT2D eigenvalue weighted by molar-refractivity contribution is 6.04. The molecule has 2 aromatic carbocycles. The quantitative estimate of drug-likeness (QED) is 0.241. The third-order valence-corrected chi connectivity index (χ3v) is 7.04. The Morgan fingerprint density at radius 2 is 0.737 bits per heavy atom. The minimum atomic E-state index is 0.699. The summed E-state index contributed by atoms with van der Waals surface area (Å²) in [4.78, 5) is 27.9. The Morgan fingerprint density at radius 1 is 0.342 bits per heavy atom. The second-order valence-corrected chi connectivity index (χ2v) is 9.37. The zero-order valence-electron chi connectivity index (χ0n) is 20.1. The summed E-state index contributed by atoms with van der Waals surface area (Å²) >= 11 is 0. The van der Waals surface area contributed by atoms with Gasteiger partial charge in [-0.1, -0.05) is 36.4 Å². The first-order valence-electron chi connectivity index (χ1n) is 12.3. The van der Waals surface area contributed by atoms with Crippen LogP contribution in [0.1, 0.15) is 0 Å². The molecule has 6 nitrogen and oxygen atoms in total. The van der Waals surface area contributed by atoms with Crippen molar-refractivity contribution in [1.29, 1.82) is 0 Å². The lowest BCUT2D eigenvalue weighted by Crippen LogP contribution is -1.91. The van der Waals surface area contributed by atoms with E-state index in [0.717, 1.165) is 71.3 Å². The van der Waals surface area contributed by atoms with Crippen LogP contribution in [0.25, 0.3) is 76.9 Å². The number of pyridine rings is 6. The summed E-state index contributed by atoms with van der Waals surface area (Å²) in [7, 11) is 0. The van der Waals surface area contributed by atoms with Gasteiger partial charge >= 0.3 is 0 Å². The van der Waals surface area contributed by atoms with Crippen molar-refractivity contribution in [3.8, 4) is 22.3 Å². The van der Waals surface area contributed by atoms with E-state index >= 15 is 0 Å². The predicted molar refractivity (Wildman–Crippen MR) is 152 cm³/mol. The molecule has 0 unspecified atom stereocenters. The number of benzene rings is 2. The average Bonchev–Trinajstić information content (AvgIpc) is 2.99. The summed E-state index contributed by atoms with van der Waals surface area (Å²) in [5, 5.41) is 5.22. The van der Waals surface area contributed by atoms with E-state index < -0.39 is 0 Å². The van der Waals surface area contributed by atoms with Gasteiger partial charge in [0.15, 0.2) is 5.65 Å². The van der Waals surface area contributed by atoms with E-state index in [1.807, 2.05) is 36.9 Å². The third kappa shape index (κ3) is 3.28. The molecule has 6 aromatic heterocycles. The molecule has 8 rings (SSSR count). The second kappa shape index (κ2) is 8.08. The molecule has 0 atom stereocenters. The van der Waals surface area contributed by atoms with Crippen LogP contribution in [0.15, 0.2) is 110 Å². The van der Waals surface area contributed by atoms with Crippen molar-refractivity contribution in [2.75, 3.05) is 0 Å². The van der Waals surface area contributed by atoms with Gasteiger partial charge in [-0.3, -0.25) is 19.9 Å². The number of rotatable bonds is 2. The van der Waals surface area contributed by atoms with E-state index in [1.54, 1.807) is 12.4 Å². The number of hydrogen-bond acceptors (Lipinski definition) is 6. The maximum Gasteiger partial charge on any atom is 0.159 e. The summed E-state index contributed by atoms with van der Waals surface area (Å²) in [6.07, 6.45) is 11.1. The SMILES string of the molecule is c1cnc2c(c1)ccc1cc(-c3cnc4ncc(-c5cnc6c(ccc7cccnc76)c5)cc4c3)cnc12. The summed E-state index contributed by atoms with van der Waals surface area (Å²) in [5.74, 6) is 0. The molecule has 0 amide bonds. The zero-order chi connectivity index (χ0) is 25.1. The molecule has 0 saturated carbocycles. The van der Waals surface area contributed by atoms with E-state index in [9.17, 15) is 0 Å². The molecule has 0 aliphatic rings. The molecule has 0 bridgehead atoms. The number of hydrogen-bond donors (Lipinski definition) is 0. The Bertz CT molecular complexity index is 2050. The topological polar surface area (TPSA) is 77.3 Å². The van der Waals surface area contributed by atoms with Crippen LogP contribution in [0.5, 0.6) is 0 Å². The minimum Gasteiger partial charge on any atom is -0.254 e. The van der Waals surface area contributed by atoms with Crippen molar-refractivity contribution in [2.45, 2.75) is 0 Å². The van der Waals surface area contributed by atoms with E-state index in [1.165, 1.54) is 0 Å². The van der Waals surface area contributed by atoms with Crippen LogP contribution in [0, 0.1) is 0 Å². The van der Waals surface area contributed by atoms with E-state index in [4.69, 9.17) is 9.97 Å². The fraction of sp³-hybridized carbons (Fsp3) is 0. The van der Waals surface area contributed by atoms with Crippen LogP contribution in [0.3, 0.4) is 0 Å². The van der Waals surface area contributed by atoms with Gasteiger partial charge in [-0.05, 0) is 36.4 Å². The molecule has 0 aliphatic heterocycles. The maximum absolute atomic E-state index is 4.76. The fourth-order valence-electron chi connectivity index (χ4n) is 5.13. The number of fused-ring (bicyclic) bond motifs is 7. The zero-order valence-corrected chi connectivity index (χ0v) is 20.1. The normalized spacial score (nSPS) is 11.7. The Labute approximate surface area is 216 Å². The molecule has 0 saturated heterocycles. The summed E-state index contributed by atoms with van der Waals surface area (Å²) in [6.45, 7) is 0. The predicted octanol–water partition coefficient (Wildman–Crippen LogP) is 7.16. The van der Waals surface area contributed by atoms with Crippen LogP contribution < -0.4 is 0 Å². The van der Waals surface area contributed by atoms with Crippen molar-refractivity contribution >= 4 is 54.6 Å². The molecule has 176 valence electrons. The van der Waals surface area contributed by atoms with Gasteiger partial charge in [0, 0.05) is 86.4 Å². The van der Waals surface area contributed by atoms with Crippen LogP contribution in [0.4, 0.5) is 0 Å². The summed E-state index contributed by atoms with van der Waals surface area (Å²) in [6, 6.07) is 24.9. The van der Waals surface area contributed by atoms with Gasteiger partial charge in [-0.15, -0.1) is 0 Å². The fourth-order valence-corrected chi connectivity index (χ4v) is 5.13. The minimum absolute atomic E-state index is 0.699. The van der Waals surface area contributed by atoms with Crippen LogP contribution in [0.2, 0.25) is 0 Å². The van der Waals surface area contributed by atoms with Crippen molar-refractivity contribution in [3.05, 3.63) is 110 Å². The van der Waals surface area contributed by atoms with Crippen LogP contribution >= 0.6 is 0 Å². The first kappa shape index (κ1) is 20.8. The molecule has 6 heterocycles. The van der Waals surface area contributed by atoms with Gasteiger partial charge in [-0.2, -0.15) is 0 Å². The highest BCUT2D eigenvalue weighted by Gasteiger charge is 2.10. The molecule has 0 N–H and O–H groups in total. The number of aromatic nitrogens is 6. The lowest BCUT2D eigenvalue weighted by atomic mass is 10.0. The van der Waals surface area contributed by atoms with Gasteiger partial charge in [0.2, 0.25) is 0 Å². The van der Waals surface area contributed by atoms with Gasteiger partial charge in [0.25, 0.3) is 0 Å². The highest BCUT2D eigenvalue weighted by Crippen LogP contribution is 2.30. The molecule has 8 aromatic rings. The Hall–Kier alpha value is -5.36. The molecule has 0 fully saturated rings. The lowest BCUT2D eigenvalue weighted by molar-refractivity contribution is 1.28. The maximum atomic E-state index is 4.76. The molecule has 38 heavy (non-hydrogen) atoms. The van der Waals surface area contributed by atoms with Gasteiger partial charge in [0.1, 0.15) is 0 Å². The smallest absolute Gasteiger partial charge is 0.159 e. The highest BCUT2D eigenvalue weighted by atomic mass is 14.8. The largest absolute Gasteiger partial charge is 0.254 e. The van der Waals surface area contributed by atoms with E-state index in [0.29, 0.717) is 5.65 Å². The second-order valence-electron chi connectivity index (χ2n) is 9.37. The lowest BCUT2D eigenvalue weighted by Gasteiger charge is -2.08. The standard InChI is InChI=1S/C32H18N6/c1-3-19-5-7-21-11-24(15-35-30(21)28(19)33-9-1)26-13-23-14-27(18-38-32(23)37-17-26)25-12-22-8-6-20-4-2-10-34-29(20)31(22)36-16-25/h1-18H. The first-order valence-corrected chi connectivity index (χ1v) is 12.3. The molecule has 0 radical (unpaired) electrons. The van der Waals surface area contributed by atoms with Crippen molar-refractivity contribution in [3.63, 3.8) is 0 Å². The van der Waals surface area contributed by atoms with Crippen LogP contribution in [-0.4, -0.2) is 29.9 Å². The average molecular weight is 487 g/mol. The van der Waals surface area contributed by atoms with Crippen molar-refractivity contribution < 1.29 is 0 Å².